The number of aromatic nitrogens is 3. The van der Waals surface area contributed by atoms with E-state index >= 15 is 0 Å². The van der Waals surface area contributed by atoms with E-state index in [1.165, 1.54) is 0 Å². The summed E-state index contributed by atoms with van der Waals surface area (Å²) in [6, 6.07) is 5.68. The van der Waals surface area contributed by atoms with Gasteiger partial charge >= 0.3 is 0 Å². The number of pyridine rings is 1. The van der Waals surface area contributed by atoms with Crippen LogP contribution in [0.25, 0.3) is 11.3 Å². The minimum Gasteiger partial charge on any atom is -0.275 e. The topological polar surface area (TPSA) is 30.7 Å². The molecule has 0 fully saturated rings. The van der Waals surface area contributed by atoms with E-state index < -0.39 is 0 Å². The van der Waals surface area contributed by atoms with Gasteiger partial charge in [0, 0.05) is 25.0 Å². The first-order valence-electron chi connectivity index (χ1n) is 3.68. The molecule has 0 spiro atoms. The third-order valence-corrected chi connectivity index (χ3v) is 1.62. The minimum absolute atomic E-state index is 0.944. The highest BCUT2D eigenvalue weighted by Gasteiger charge is 1.98. The molecule has 0 amide bonds. The molecular formula is C9H8N3. The summed E-state index contributed by atoms with van der Waals surface area (Å²) in [5, 5.41) is 4.24. The molecule has 2 heterocycles. The Morgan fingerprint density at radius 2 is 2.33 bits per heavy atom. The van der Waals surface area contributed by atoms with Crippen LogP contribution >= 0.6 is 0 Å². The van der Waals surface area contributed by atoms with Gasteiger partial charge in [0.1, 0.15) is 0 Å². The van der Waals surface area contributed by atoms with Crippen molar-refractivity contribution >= 4 is 0 Å². The Kier molecular flexibility index (Phi) is 1.63. The molecule has 12 heavy (non-hydrogen) atoms. The first kappa shape index (κ1) is 7.03. The van der Waals surface area contributed by atoms with E-state index in [0.717, 1.165) is 11.3 Å². The zero-order valence-corrected chi connectivity index (χ0v) is 6.73. The highest BCUT2D eigenvalue weighted by Crippen LogP contribution is 2.13. The normalized spacial score (nSPS) is 10.1. The van der Waals surface area contributed by atoms with E-state index in [1.54, 1.807) is 16.9 Å². The lowest BCUT2D eigenvalue weighted by molar-refractivity contribution is 0.771. The van der Waals surface area contributed by atoms with Crippen LogP contribution in [0.15, 0.2) is 30.6 Å². The van der Waals surface area contributed by atoms with E-state index in [1.807, 2.05) is 25.4 Å². The molecule has 0 N–H and O–H groups in total. The molecule has 0 aliphatic heterocycles. The second-order valence-electron chi connectivity index (χ2n) is 2.55. The van der Waals surface area contributed by atoms with E-state index in [0.29, 0.717) is 0 Å². The van der Waals surface area contributed by atoms with Crippen molar-refractivity contribution < 1.29 is 0 Å². The van der Waals surface area contributed by atoms with Crippen molar-refractivity contribution in [3.05, 3.63) is 36.8 Å². The molecule has 0 aliphatic rings. The van der Waals surface area contributed by atoms with Crippen molar-refractivity contribution in [3.63, 3.8) is 0 Å². The summed E-state index contributed by atoms with van der Waals surface area (Å²) in [5.74, 6) is 0. The predicted molar refractivity (Wildman–Crippen MR) is 45.3 cm³/mol. The number of rotatable bonds is 1. The summed E-state index contributed by atoms with van der Waals surface area (Å²) in [5.41, 5.74) is 1.97. The smallest absolute Gasteiger partial charge is 0.0938 e. The molecule has 3 heteroatoms. The van der Waals surface area contributed by atoms with Gasteiger partial charge in [0.25, 0.3) is 0 Å². The van der Waals surface area contributed by atoms with Crippen LogP contribution in [0.3, 0.4) is 0 Å². The number of hydrogen-bond acceptors (Lipinski definition) is 2. The maximum Gasteiger partial charge on any atom is 0.0938 e. The zero-order valence-electron chi connectivity index (χ0n) is 6.73. The zero-order chi connectivity index (χ0) is 8.39. The number of hydrogen-bond donors (Lipinski definition) is 0. The molecule has 3 nitrogen and oxygen atoms in total. The van der Waals surface area contributed by atoms with Crippen LogP contribution in [0.4, 0.5) is 0 Å². The lowest BCUT2D eigenvalue weighted by Gasteiger charge is -1.92. The average Bonchev–Trinajstić information content (AvgIpc) is 2.54. The van der Waals surface area contributed by atoms with E-state index in [-0.39, 0.29) is 0 Å². The van der Waals surface area contributed by atoms with Crippen molar-refractivity contribution in [1.82, 2.24) is 14.8 Å². The van der Waals surface area contributed by atoms with Gasteiger partial charge in [0.05, 0.1) is 11.9 Å². The van der Waals surface area contributed by atoms with Crippen LogP contribution in [0.5, 0.6) is 0 Å². The Hall–Kier alpha value is -1.64. The van der Waals surface area contributed by atoms with Crippen molar-refractivity contribution in [2.24, 2.45) is 7.05 Å². The summed E-state index contributed by atoms with van der Waals surface area (Å²) < 4.78 is 1.77. The molecule has 0 bridgehead atoms. The van der Waals surface area contributed by atoms with Crippen molar-refractivity contribution in [2.45, 2.75) is 0 Å². The summed E-state index contributed by atoms with van der Waals surface area (Å²) >= 11 is 0. The Bertz CT molecular complexity index is 364. The molecule has 0 saturated heterocycles. The second kappa shape index (κ2) is 2.77. The lowest BCUT2D eigenvalue weighted by Crippen LogP contribution is -1.87. The largest absolute Gasteiger partial charge is 0.275 e. The SMILES string of the molecule is Cn1ccc(-c2cc[c]nc2)n1. The molecule has 59 valence electrons. The Morgan fingerprint density at radius 1 is 1.42 bits per heavy atom. The quantitative estimate of drug-likeness (QED) is 0.626. The molecule has 0 atom stereocenters. The van der Waals surface area contributed by atoms with Gasteiger partial charge < -0.3 is 0 Å². The van der Waals surface area contributed by atoms with Crippen LogP contribution in [0.2, 0.25) is 0 Å². The molecule has 1 radical (unpaired) electrons. The average molecular weight is 158 g/mol. The third-order valence-electron chi connectivity index (χ3n) is 1.62. The fourth-order valence-corrected chi connectivity index (χ4v) is 1.04. The molecule has 0 unspecified atom stereocenters. The minimum atomic E-state index is 0.944. The first-order chi connectivity index (χ1) is 5.86. The van der Waals surface area contributed by atoms with Crippen LogP contribution in [-0.4, -0.2) is 14.8 Å². The predicted octanol–water partition coefficient (Wildman–Crippen LogP) is 1.28. The van der Waals surface area contributed by atoms with E-state index in [4.69, 9.17) is 0 Å². The van der Waals surface area contributed by atoms with Crippen LogP contribution < -0.4 is 0 Å². The summed E-state index contributed by atoms with van der Waals surface area (Å²) in [6.45, 7) is 0. The van der Waals surface area contributed by atoms with Crippen molar-refractivity contribution in [1.29, 1.82) is 0 Å². The second-order valence-corrected chi connectivity index (χ2v) is 2.55. The van der Waals surface area contributed by atoms with Gasteiger partial charge in [-0.05, 0) is 18.2 Å². The molecule has 0 saturated carbocycles. The molecule has 2 rings (SSSR count). The summed E-state index contributed by atoms with van der Waals surface area (Å²) in [6.07, 6.45) is 6.39. The highest BCUT2D eigenvalue weighted by atomic mass is 15.2. The van der Waals surface area contributed by atoms with Crippen molar-refractivity contribution in [3.8, 4) is 11.3 Å². The van der Waals surface area contributed by atoms with Gasteiger partial charge in [0.2, 0.25) is 0 Å². The van der Waals surface area contributed by atoms with Crippen LogP contribution in [-0.2, 0) is 7.05 Å². The van der Waals surface area contributed by atoms with Gasteiger partial charge in [-0.25, -0.2) is 0 Å². The van der Waals surface area contributed by atoms with Gasteiger partial charge in [-0.3, -0.25) is 9.67 Å². The fraction of sp³-hybridized carbons (Fsp3) is 0.111. The molecule has 2 aromatic heterocycles. The van der Waals surface area contributed by atoms with Gasteiger partial charge in [-0.1, -0.05) is 0 Å². The maximum atomic E-state index is 4.24. The molecular weight excluding hydrogens is 150 g/mol. The van der Waals surface area contributed by atoms with Crippen LogP contribution in [0, 0.1) is 6.20 Å². The lowest BCUT2D eigenvalue weighted by atomic mass is 10.2. The first-order valence-corrected chi connectivity index (χ1v) is 3.68. The van der Waals surface area contributed by atoms with E-state index in [2.05, 4.69) is 16.3 Å². The van der Waals surface area contributed by atoms with Gasteiger partial charge in [0.15, 0.2) is 0 Å². The van der Waals surface area contributed by atoms with Crippen molar-refractivity contribution in [2.75, 3.05) is 0 Å². The number of nitrogens with zero attached hydrogens (tertiary/aromatic N) is 3. The Labute approximate surface area is 70.7 Å². The van der Waals surface area contributed by atoms with E-state index in [9.17, 15) is 0 Å². The third kappa shape index (κ3) is 1.21. The molecule has 0 aliphatic carbocycles. The fourth-order valence-electron chi connectivity index (χ4n) is 1.04. The summed E-state index contributed by atoms with van der Waals surface area (Å²) in [7, 11) is 1.89. The Morgan fingerprint density at radius 3 is 2.92 bits per heavy atom. The monoisotopic (exact) mass is 158 g/mol. The standard InChI is InChI=1S/C9H8N3/c1-12-6-4-9(11-12)8-3-2-5-10-7-8/h2-4,6-7H,1H3. The van der Waals surface area contributed by atoms with Crippen LogP contribution in [0.1, 0.15) is 0 Å². The summed E-state index contributed by atoms with van der Waals surface area (Å²) in [4.78, 5) is 3.90. The van der Waals surface area contributed by atoms with Gasteiger partial charge in [-0.2, -0.15) is 5.10 Å². The molecule has 0 aromatic carbocycles. The molecule has 2 aromatic rings. The maximum absolute atomic E-state index is 4.24. The number of aryl methyl sites for hydroxylation is 1. The highest BCUT2D eigenvalue weighted by molar-refractivity contribution is 5.56. The Balaban J connectivity index is 2.45. The van der Waals surface area contributed by atoms with Gasteiger partial charge in [-0.15, -0.1) is 0 Å².